The molecule has 1 amide bonds. The van der Waals surface area contributed by atoms with Crippen molar-refractivity contribution in [1.82, 2.24) is 19.4 Å². The number of ether oxygens (including phenoxy) is 1. The largest absolute Gasteiger partial charge is 0.496 e. The summed E-state index contributed by atoms with van der Waals surface area (Å²) < 4.78 is 20.1. The van der Waals surface area contributed by atoms with Gasteiger partial charge in [-0.2, -0.15) is 0 Å². The second kappa shape index (κ2) is 8.85. The van der Waals surface area contributed by atoms with Crippen molar-refractivity contribution in [2.45, 2.75) is 13.5 Å². The molecule has 1 saturated heterocycles. The number of aryl methyl sites for hydroxylation is 1. The monoisotopic (exact) mass is 424 g/mol. The second-order valence-corrected chi connectivity index (χ2v) is 7.61. The summed E-state index contributed by atoms with van der Waals surface area (Å²) in [5, 5.41) is 0.491. The number of benzene rings is 2. The molecule has 0 radical (unpaired) electrons. The molecule has 1 aliphatic heterocycles. The molecular formula is C23H25FN4O3. The molecule has 31 heavy (non-hydrogen) atoms. The molecule has 0 aliphatic carbocycles. The Morgan fingerprint density at radius 3 is 2.45 bits per heavy atom. The van der Waals surface area contributed by atoms with Crippen molar-refractivity contribution in [2.24, 2.45) is 0 Å². The summed E-state index contributed by atoms with van der Waals surface area (Å²) in [7, 11) is 1.55. The van der Waals surface area contributed by atoms with Gasteiger partial charge in [0.1, 0.15) is 22.8 Å². The van der Waals surface area contributed by atoms with Crippen LogP contribution in [-0.4, -0.2) is 65.1 Å². The molecule has 162 valence electrons. The van der Waals surface area contributed by atoms with E-state index in [0.717, 1.165) is 0 Å². The molecule has 4 rings (SSSR count). The zero-order valence-electron chi connectivity index (χ0n) is 17.7. The van der Waals surface area contributed by atoms with Crippen LogP contribution >= 0.6 is 0 Å². The van der Waals surface area contributed by atoms with Gasteiger partial charge in [0.25, 0.3) is 11.5 Å². The fourth-order valence-corrected chi connectivity index (χ4v) is 3.97. The topological polar surface area (TPSA) is 67.7 Å². The minimum absolute atomic E-state index is 0.0856. The van der Waals surface area contributed by atoms with Crippen molar-refractivity contribution in [1.29, 1.82) is 0 Å². The minimum Gasteiger partial charge on any atom is -0.496 e. The molecule has 0 spiro atoms. The number of piperazine rings is 1. The fourth-order valence-electron chi connectivity index (χ4n) is 3.97. The molecule has 1 aromatic heterocycles. The first kappa shape index (κ1) is 21.0. The van der Waals surface area contributed by atoms with Crippen molar-refractivity contribution in [3.63, 3.8) is 0 Å². The average molecular weight is 424 g/mol. The van der Waals surface area contributed by atoms with Gasteiger partial charge in [0.2, 0.25) is 0 Å². The van der Waals surface area contributed by atoms with Crippen molar-refractivity contribution in [3.8, 4) is 5.75 Å². The highest BCUT2D eigenvalue weighted by Gasteiger charge is 2.22. The first-order valence-corrected chi connectivity index (χ1v) is 10.3. The number of rotatable bonds is 5. The minimum atomic E-state index is -0.354. The van der Waals surface area contributed by atoms with E-state index in [-0.39, 0.29) is 17.3 Å². The molecule has 2 aromatic carbocycles. The van der Waals surface area contributed by atoms with E-state index in [0.29, 0.717) is 67.3 Å². The molecule has 0 atom stereocenters. The van der Waals surface area contributed by atoms with Gasteiger partial charge in [-0.05, 0) is 43.3 Å². The summed E-state index contributed by atoms with van der Waals surface area (Å²) in [5.41, 5.74) is 1.02. The molecule has 3 aromatic rings. The van der Waals surface area contributed by atoms with Gasteiger partial charge in [0.15, 0.2) is 0 Å². The van der Waals surface area contributed by atoms with Gasteiger partial charge in [-0.1, -0.05) is 6.07 Å². The van der Waals surface area contributed by atoms with E-state index in [2.05, 4.69) is 9.88 Å². The lowest BCUT2D eigenvalue weighted by atomic mass is 10.2. The van der Waals surface area contributed by atoms with Crippen molar-refractivity contribution in [2.75, 3.05) is 39.8 Å². The summed E-state index contributed by atoms with van der Waals surface area (Å²) >= 11 is 0. The summed E-state index contributed by atoms with van der Waals surface area (Å²) in [4.78, 5) is 34.2. The summed E-state index contributed by atoms with van der Waals surface area (Å²) in [6, 6.07) is 11.0. The van der Waals surface area contributed by atoms with E-state index in [9.17, 15) is 14.0 Å². The van der Waals surface area contributed by atoms with Crippen LogP contribution in [0.2, 0.25) is 0 Å². The molecule has 0 bridgehead atoms. The quantitative estimate of drug-likeness (QED) is 0.629. The third-order valence-corrected chi connectivity index (χ3v) is 5.75. The molecular weight excluding hydrogens is 399 g/mol. The second-order valence-electron chi connectivity index (χ2n) is 7.61. The van der Waals surface area contributed by atoms with Crippen LogP contribution in [0.5, 0.6) is 5.75 Å². The van der Waals surface area contributed by atoms with Crippen LogP contribution in [0.4, 0.5) is 4.39 Å². The van der Waals surface area contributed by atoms with E-state index in [1.165, 1.54) is 24.3 Å². The molecule has 0 unspecified atom stereocenters. The number of hydrogen-bond acceptors (Lipinski definition) is 5. The van der Waals surface area contributed by atoms with Crippen LogP contribution < -0.4 is 10.3 Å². The molecule has 8 heteroatoms. The molecule has 2 heterocycles. The number of fused-ring (bicyclic) bond motifs is 1. The lowest BCUT2D eigenvalue weighted by Gasteiger charge is -2.35. The summed E-state index contributed by atoms with van der Waals surface area (Å²) in [5.74, 6) is 0.748. The first-order chi connectivity index (χ1) is 15.0. The lowest BCUT2D eigenvalue weighted by molar-refractivity contribution is 0.0632. The third-order valence-electron chi connectivity index (χ3n) is 5.75. The number of aromatic nitrogens is 2. The highest BCUT2D eigenvalue weighted by molar-refractivity contribution is 5.94. The van der Waals surface area contributed by atoms with Gasteiger partial charge < -0.3 is 9.64 Å². The van der Waals surface area contributed by atoms with Crippen molar-refractivity contribution in [3.05, 3.63) is 70.0 Å². The maximum atomic E-state index is 13.1. The summed E-state index contributed by atoms with van der Waals surface area (Å²) in [6.45, 7) is 5.64. The number of methoxy groups -OCH3 is 1. The van der Waals surface area contributed by atoms with Gasteiger partial charge >= 0.3 is 0 Å². The summed E-state index contributed by atoms with van der Waals surface area (Å²) in [6.07, 6.45) is 0. The molecule has 0 saturated carbocycles. The molecule has 1 aliphatic rings. The highest BCUT2D eigenvalue weighted by Crippen LogP contribution is 2.20. The zero-order valence-corrected chi connectivity index (χ0v) is 17.7. The Morgan fingerprint density at radius 2 is 1.77 bits per heavy atom. The third kappa shape index (κ3) is 4.29. The maximum Gasteiger partial charge on any atom is 0.265 e. The molecule has 0 N–H and O–H groups in total. The van der Waals surface area contributed by atoms with E-state index >= 15 is 0 Å². The lowest BCUT2D eigenvalue weighted by Crippen LogP contribution is -2.49. The Morgan fingerprint density at radius 1 is 1.06 bits per heavy atom. The number of carbonyl (C=O) groups excluding carboxylic acids is 1. The normalized spacial score (nSPS) is 14.7. The van der Waals surface area contributed by atoms with Crippen LogP contribution in [0, 0.1) is 12.7 Å². The fraction of sp³-hybridized carbons (Fsp3) is 0.348. The molecule has 7 nitrogen and oxygen atoms in total. The smallest absolute Gasteiger partial charge is 0.265 e. The van der Waals surface area contributed by atoms with Crippen molar-refractivity contribution < 1.29 is 13.9 Å². The van der Waals surface area contributed by atoms with Crippen LogP contribution in [0.1, 0.15) is 16.2 Å². The van der Waals surface area contributed by atoms with Crippen LogP contribution in [-0.2, 0) is 6.54 Å². The van der Waals surface area contributed by atoms with Gasteiger partial charge in [-0.3, -0.25) is 19.1 Å². The Labute approximate surface area is 179 Å². The predicted octanol–water partition coefficient (Wildman–Crippen LogP) is 2.31. The predicted molar refractivity (Wildman–Crippen MR) is 116 cm³/mol. The van der Waals surface area contributed by atoms with Gasteiger partial charge in [0.05, 0.1) is 12.6 Å². The van der Waals surface area contributed by atoms with Crippen LogP contribution in [0.25, 0.3) is 10.9 Å². The van der Waals surface area contributed by atoms with Crippen LogP contribution in [0.15, 0.2) is 47.3 Å². The number of amides is 1. The number of halogens is 1. The Balaban J connectivity index is 1.41. The van der Waals surface area contributed by atoms with Gasteiger partial charge in [-0.25, -0.2) is 9.37 Å². The number of carbonyl (C=O) groups is 1. The maximum absolute atomic E-state index is 13.1. The van der Waals surface area contributed by atoms with E-state index in [1.807, 2.05) is 19.1 Å². The van der Waals surface area contributed by atoms with Crippen LogP contribution in [0.3, 0.4) is 0 Å². The first-order valence-electron chi connectivity index (χ1n) is 10.3. The zero-order chi connectivity index (χ0) is 22.0. The average Bonchev–Trinajstić information content (AvgIpc) is 2.79. The van der Waals surface area contributed by atoms with Gasteiger partial charge in [-0.15, -0.1) is 0 Å². The van der Waals surface area contributed by atoms with E-state index in [1.54, 1.807) is 22.6 Å². The van der Waals surface area contributed by atoms with E-state index < -0.39 is 0 Å². The Bertz CT molecular complexity index is 1150. The Hall–Kier alpha value is -3.26. The SMILES string of the molecule is COc1cccc2nc(C)n(CCN3CCN(C(=O)c4ccc(F)cc4)CC3)c(=O)c12. The van der Waals surface area contributed by atoms with Crippen molar-refractivity contribution >= 4 is 16.8 Å². The highest BCUT2D eigenvalue weighted by atomic mass is 19.1. The van der Waals surface area contributed by atoms with E-state index in [4.69, 9.17) is 4.74 Å². The number of nitrogens with zero attached hydrogens (tertiary/aromatic N) is 4. The Kier molecular flexibility index (Phi) is 5.99. The standard InChI is InChI=1S/C23H25FN4O3/c1-16-25-19-4-3-5-20(31-2)21(19)23(30)28(16)15-12-26-10-13-27(14-11-26)22(29)17-6-8-18(24)9-7-17/h3-9H,10-15H2,1-2H3. The van der Waals surface area contributed by atoms with Gasteiger partial charge in [0, 0.05) is 44.8 Å². The molecule has 1 fully saturated rings. The number of hydrogen-bond donors (Lipinski definition) is 0.